The fourth-order valence-corrected chi connectivity index (χ4v) is 6.42. The molecule has 0 radical (unpaired) electrons. The van der Waals surface area contributed by atoms with Gasteiger partial charge in [-0.3, -0.25) is 4.90 Å². The molecule has 2 aliphatic carbocycles. The maximum Gasteiger partial charge on any atom is 0.115 e. The molecular weight excluding hydrogens is 440 g/mol. The summed E-state index contributed by atoms with van der Waals surface area (Å²) >= 11 is 3.60. The van der Waals surface area contributed by atoms with Crippen molar-refractivity contribution in [3.05, 3.63) is 63.8 Å². The van der Waals surface area contributed by atoms with E-state index in [2.05, 4.69) is 50.1 Å². The highest BCUT2D eigenvalue weighted by Crippen LogP contribution is 2.48. The first-order valence-electron chi connectivity index (χ1n) is 11.1. The highest BCUT2D eigenvalue weighted by atomic mass is 79.9. The van der Waals surface area contributed by atoms with Crippen molar-refractivity contribution in [3.63, 3.8) is 0 Å². The van der Waals surface area contributed by atoms with Crippen LogP contribution in [0.2, 0.25) is 0 Å². The number of benzene rings is 2. The lowest BCUT2D eigenvalue weighted by molar-refractivity contribution is 0.0583. The van der Waals surface area contributed by atoms with Crippen LogP contribution in [0.3, 0.4) is 0 Å². The Morgan fingerprint density at radius 1 is 1.10 bits per heavy atom. The Morgan fingerprint density at radius 2 is 1.97 bits per heavy atom. The average Bonchev–Trinajstić information content (AvgIpc) is 3.33. The number of aromatic amines is 1. The van der Waals surface area contributed by atoms with Crippen molar-refractivity contribution < 1.29 is 10.2 Å². The molecule has 2 heterocycles. The van der Waals surface area contributed by atoms with Gasteiger partial charge in [0.25, 0.3) is 0 Å². The zero-order valence-electron chi connectivity index (χ0n) is 16.9. The fourth-order valence-electron chi connectivity index (χ4n) is 6.05. The van der Waals surface area contributed by atoms with E-state index in [0.29, 0.717) is 11.7 Å². The number of aliphatic hydroxyl groups excluding tert-OH is 1. The van der Waals surface area contributed by atoms with E-state index in [4.69, 9.17) is 0 Å². The number of nitrogens with one attached hydrogen (secondary N) is 1. The zero-order valence-corrected chi connectivity index (χ0v) is 18.5. The van der Waals surface area contributed by atoms with E-state index in [-0.39, 0.29) is 18.1 Å². The number of aromatic nitrogens is 1. The lowest BCUT2D eigenvalue weighted by Gasteiger charge is -2.44. The molecule has 5 unspecified atom stereocenters. The monoisotopic (exact) mass is 466 g/mol. The summed E-state index contributed by atoms with van der Waals surface area (Å²) in [5.74, 6) is 1.96. The van der Waals surface area contributed by atoms with Crippen molar-refractivity contribution in [2.75, 3.05) is 13.1 Å². The molecule has 1 saturated heterocycles. The molecule has 1 saturated carbocycles. The molecule has 3 N–H and O–H groups in total. The molecule has 156 valence electrons. The summed E-state index contributed by atoms with van der Waals surface area (Å²) in [5, 5.41) is 21.6. The van der Waals surface area contributed by atoms with Crippen molar-refractivity contribution >= 4 is 26.8 Å². The molecule has 0 amide bonds. The van der Waals surface area contributed by atoms with Crippen molar-refractivity contribution in [1.82, 2.24) is 9.88 Å². The third kappa shape index (κ3) is 3.19. The number of aliphatic hydroxyl groups is 1. The van der Waals surface area contributed by atoms with Gasteiger partial charge in [0, 0.05) is 39.6 Å². The standard InChI is InChI=1S/C25H27BrN2O2/c26-17-4-5-19-20-9-16-13-28(7-6-14(16)10-22(20)27-23(19)11-17)25(21-12-24(21)30)15-2-1-3-18(29)8-15/h1-5,8,11,14,16,21,24-25,27,29-30H,6-7,9-10,12-13H2. The second-order valence-electron chi connectivity index (χ2n) is 9.49. The minimum absolute atomic E-state index is 0.202. The number of hydrogen-bond donors (Lipinski definition) is 3. The predicted octanol–water partition coefficient (Wildman–Crippen LogP) is 4.79. The highest BCUT2D eigenvalue weighted by molar-refractivity contribution is 9.10. The SMILES string of the molecule is Oc1cccc(C(C2CC2O)N2CCC3Cc4[nH]c5cc(Br)ccc5c4CC3C2)c1. The van der Waals surface area contributed by atoms with Gasteiger partial charge in [0.1, 0.15) is 5.75 Å². The molecule has 6 rings (SSSR count). The molecule has 5 atom stereocenters. The van der Waals surface area contributed by atoms with Crippen LogP contribution in [0.25, 0.3) is 10.9 Å². The molecule has 3 aliphatic rings. The van der Waals surface area contributed by atoms with Gasteiger partial charge >= 0.3 is 0 Å². The van der Waals surface area contributed by atoms with E-state index in [1.54, 1.807) is 6.07 Å². The Labute approximate surface area is 185 Å². The largest absolute Gasteiger partial charge is 0.508 e. The third-order valence-corrected chi connectivity index (χ3v) is 8.12. The van der Waals surface area contributed by atoms with Gasteiger partial charge in [0.05, 0.1) is 6.10 Å². The second-order valence-corrected chi connectivity index (χ2v) is 10.4. The molecule has 3 aromatic rings. The molecule has 30 heavy (non-hydrogen) atoms. The highest BCUT2D eigenvalue weighted by Gasteiger charge is 2.47. The predicted molar refractivity (Wildman–Crippen MR) is 122 cm³/mol. The Morgan fingerprint density at radius 3 is 2.77 bits per heavy atom. The number of rotatable bonds is 3. The summed E-state index contributed by atoms with van der Waals surface area (Å²) < 4.78 is 1.12. The van der Waals surface area contributed by atoms with Crippen molar-refractivity contribution in [2.45, 2.75) is 37.8 Å². The quantitative estimate of drug-likeness (QED) is 0.519. The Kier molecular flexibility index (Phi) is 4.48. The number of piperidine rings is 1. The maximum absolute atomic E-state index is 10.2. The summed E-state index contributed by atoms with van der Waals surface area (Å²) in [6.45, 7) is 2.13. The second kappa shape index (κ2) is 7.11. The number of phenolic OH excluding ortho intramolecular Hbond substituents is 1. The molecule has 0 spiro atoms. The van der Waals surface area contributed by atoms with Crippen LogP contribution in [0.4, 0.5) is 0 Å². The van der Waals surface area contributed by atoms with Crippen LogP contribution in [0.5, 0.6) is 5.75 Å². The normalized spacial score (nSPS) is 29.4. The molecule has 1 aliphatic heterocycles. The van der Waals surface area contributed by atoms with Crippen LogP contribution >= 0.6 is 15.9 Å². The molecular formula is C25H27BrN2O2. The van der Waals surface area contributed by atoms with Crippen LogP contribution in [-0.4, -0.2) is 39.3 Å². The van der Waals surface area contributed by atoms with Crippen LogP contribution in [0.1, 0.15) is 35.7 Å². The molecule has 5 heteroatoms. The number of phenols is 1. The summed E-state index contributed by atoms with van der Waals surface area (Å²) in [4.78, 5) is 6.28. The fraction of sp³-hybridized carbons (Fsp3) is 0.440. The van der Waals surface area contributed by atoms with Gasteiger partial charge in [-0.2, -0.15) is 0 Å². The number of aromatic hydroxyl groups is 1. The first-order valence-corrected chi connectivity index (χ1v) is 11.9. The Hall–Kier alpha value is -1.82. The van der Waals surface area contributed by atoms with Gasteiger partial charge in [-0.1, -0.05) is 34.1 Å². The van der Waals surface area contributed by atoms with Crippen LogP contribution in [0.15, 0.2) is 46.9 Å². The van der Waals surface area contributed by atoms with Gasteiger partial charge in [0.15, 0.2) is 0 Å². The summed E-state index contributed by atoms with van der Waals surface area (Å²) in [5.41, 5.74) is 5.31. The topological polar surface area (TPSA) is 59.5 Å². The molecule has 2 aromatic carbocycles. The smallest absolute Gasteiger partial charge is 0.115 e. The number of H-pyrrole nitrogens is 1. The van der Waals surface area contributed by atoms with Gasteiger partial charge < -0.3 is 15.2 Å². The lowest BCUT2D eigenvalue weighted by Crippen LogP contribution is -2.46. The van der Waals surface area contributed by atoms with E-state index >= 15 is 0 Å². The van der Waals surface area contributed by atoms with Gasteiger partial charge in [-0.15, -0.1) is 0 Å². The number of fused-ring (bicyclic) bond motifs is 4. The summed E-state index contributed by atoms with van der Waals surface area (Å²) in [7, 11) is 0. The number of likely N-dealkylation sites (tertiary alicyclic amines) is 1. The number of hydrogen-bond acceptors (Lipinski definition) is 3. The van der Waals surface area contributed by atoms with E-state index in [1.165, 1.54) is 28.6 Å². The minimum atomic E-state index is -0.208. The molecule has 4 nitrogen and oxygen atoms in total. The molecule has 1 aromatic heterocycles. The number of halogens is 1. The Bertz CT molecular complexity index is 1110. The number of nitrogens with zero attached hydrogens (tertiary/aromatic N) is 1. The van der Waals surface area contributed by atoms with Gasteiger partial charge in [-0.05, 0) is 79.5 Å². The first kappa shape index (κ1) is 18.9. The minimum Gasteiger partial charge on any atom is -0.508 e. The van der Waals surface area contributed by atoms with Crippen LogP contribution < -0.4 is 0 Å². The maximum atomic E-state index is 10.2. The third-order valence-electron chi connectivity index (χ3n) is 7.63. The van der Waals surface area contributed by atoms with Crippen LogP contribution in [0, 0.1) is 17.8 Å². The molecule has 0 bridgehead atoms. The zero-order chi connectivity index (χ0) is 20.4. The summed E-state index contributed by atoms with van der Waals surface area (Å²) in [6, 6.07) is 14.4. The van der Waals surface area contributed by atoms with E-state index in [1.807, 2.05) is 12.1 Å². The van der Waals surface area contributed by atoms with Crippen molar-refractivity contribution in [1.29, 1.82) is 0 Å². The van der Waals surface area contributed by atoms with Crippen LogP contribution in [-0.2, 0) is 12.8 Å². The van der Waals surface area contributed by atoms with Crippen molar-refractivity contribution in [3.8, 4) is 5.75 Å². The van der Waals surface area contributed by atoms with E-state index < -0.39 is 0 Å². The van der Waals surface area contributed by atoms with E-state index in [0.717, 1.165) is 48.3 Å². The Balaban J connectivity index is 1.29. The van der Waals surface area contributed by atoms with Gasteiger partial charge in [0.2, 0.25) is 0 Å². The average molecular weight is 467 g/mol. The first-order chi connectivity index (χ1) is 14.6. The van der Waals surface area contributed by atoms with Crippen molar-refractivity contribution in [2.24, 2.45) is 17.8 Å². The van der Waals surface area contributed by atoms with Gasteiger partial charge in [-0.25, -0.2) is 0 Å². The van der Waals surface area contributed by atoms with E-state index in [9.17, 15) is 10.2 Å². The lowest BCUT2D eigenvalue weighted by atomic mass is 9.73. The summed E-state index contributed by atoms with van der Waals surface area (Å²) in [6.07, 6.45) is 4.12. The molecule has 2 fully saturated rings.